The number of fused-ring (bicyclic) bond motifs is 1. The first-order valence-electron chi connectivity index (χ1n) is 8.02. The molecule has 3 nitrogen and oxygen atoms in total. The molecule has 1 atom stereocenters. The largest absolute Gasteiger partial charge is 0.310 e. The van der Waals surface area contributed by atoms with Gasteiger partial charge < -0.3 is 5.32 Å². The van der Waals surface area contributed by atoms with E-state index in [4.69, 9.17) is 0 Å². The molecular weight excluding hydrogens is 282 g/mol. The topological polar surface area (TPSA) is 46.2 Å². The fourth-order valence-corrected chi connectivity index (χ4v) is 3.75. The van der Waals surface area contributed by atoms with Crippen LogP contribution >= 0.6 is 0 Å². The van der Waals surface area contributed by atoms with Gasteiger partial charge in [0.05, 0.1) is 0 Å². The van der Waals surface area contributed by atoms with E-state index in [1.807, 2.05) is 0 Å². The predicted molar refractivity (Wildman–Crippen MR) is 88.4 cm³/mol. The normalized spacial score (nSPS) is 15.9. The lowest BCUT2D eigenvalue weighted by molar-refractivity contribution is 0.492. The number of sulfone groups is 1. The first-order valence-corrected chi connectivity index (χ1v) is 10.1. The lowest BCUT2D eigenvalue weighted by Gasteiger charge is -2.20. The van der Waals surface area contributed by atoms with Gasteiger partial charge in [0.15, 0.2) is 0 Å². The first-order chi connectivity index (χ1) is 9.99. The summed E-state index contributed by atoms with van der Waals surface area (Å²) in [6.07, 6.45) is 7.66. The van der Waals surface area contributed by atoms with E-state index in [2.05, 4.69) is 30.4 Å². The molecule has 1 N–H and O–H groups in total. The quantitative estimate of drug-likeness (QED) is 0.803. The van der Waals surface area contributed by atoms with Crippen molar-refractivity contribution in [3.63, 3.8) is 0 Å². The molecule has 0 heterocycles. The minimum atomic E-state index is -2.86. The summed E-state index contributed by atoms with van der Waals surface area (Å²) in [5, 5.41) is 3.57. The maximum Gasteiger partial charge on any atom is 0.147 e. The van der Waals surface area contributed by atoms with Crippen molar-refractivity contribution >= 4 is 9.84 Å². The van der Waals surface area contributed by atoms with E-state index in [0.717, 1.165) is 25.8 Å². The first kappa shape index (κ1) is 16.5. The number of hydrogen-bond donors (Lipinski definition) is 1. The summed E-state index contributed by atoms with van der Waals surface area (Å²) in [4.78, 5) is 0. The second-order valence-electron chi connectivity index (χ2n) is 6.16. The Kier molecular flexibility index (Phi) is 5.82. The van der Waals surface area contributed by atoms with Gasteiger partial charge in [0, 0.05) is 18.1 Å². The van der Waals surface area contributed by atoms with Gasteiger partial charge in [-0.25, -0.2) is 8.42 Å². The highest BCUT2D eigenvalue weighted by molar-refractivity contribution is 7.90. The van der Waals surface area contributed by atoms with Crippen LogP contribution in [0, 0.1) is 0 Å². The van der Waals surface area contributed by atoms with Crippen LogP contribution in [0.1, 0.15) is 55.3 Å². The summed E-state index contributed by atoms with van der Waals surface area (Å²) in [6, 6.07) is 7.08. The van der Waals surface area contributed by atoms with Gasteiger partial charge in [0.25, 0.3) is 0 Å². The number of benzene rings is 1. The molecule has 0 bridgehead atoms. The van der Waals surface area contributed by atoms with Crippen molar-refractivity contribution in [1.82, 2.24) is 5.32 Å². The zero-order valence-corrected chi connectivity index (χ0v) is 14.0. The Morgan fingerprint density at radius 1 is 1.24 bits per heavy atom. The average Bonchev–Trinajstić information content (AvgIpc) is 2.88. The number of aryl methyl sites for hydroxylation is 2. The van der Waals surface area contributed by atoms with Crippen LogP contribution in [0.5, 0.6) is 0 Å². The number of rotatable bonds is 8. The van der Waals surface area contributed by atoms with Crippen molar-refractivity contribution in [3.8, 4) is 0 Å². The van der Waals surface area contributed by atoms with Crippen LogP contribution in [0.25, 0.3) is 0 Å². The number of hydrogen-bond acceptors (Lipinski definition) is 3. The van der Waals surface area contributed by atoms with Crippen LogP contribution in [-0.2, 0) is 22.7 Å². The molecule has 0 saturated heterocycles. The maximum absolute atomic E-state index is 11.3. The van der Waals surface area contributed by atoms with Crippen LogP contribution in [0.2, 0.25) is 0 Å². The van der Waals surface area contributed by atoms with Crippen molar-refractivity contribution in [1.29, 1.82) is 0 Å². The van der Waals surface area contributed by atoms with Crippen LogP contribution in [0.4, 0.5) is 0 Å². The van der Waals surface area contributed by atoms with E-state index in [1.54, 1.807) is 0 Å². The molecule has 0 amide bonds. The highest BCUT2D eigenvalue weighted by Crippen LogP contribution is 2.27. The molecule has 4 heteroatoms. The Hall–Kier alpha value is -0.870. The lowest BCUT2D eigenvalue weighted by Crippen LogP contribution is -2.23. The minimum Gasteiger partial charge on any atom is -0.310 e. The molecule has 1 aromatic carbocycles. The molecule has 118 valence electrons. The van der Waals surface area contributed by atoms with E-state index >= 15 is 0 Å². The molecule has 0 saturated carbocycles. The van der Waals surface area contributed by atoms with E-state index in [0.29, 0.717) is 0 Å². The van der Waals surface area contributed by atoms with Crippen LogP contribution < -0.4 is 5.32 Å². The molecule has 0 fully saturated rings. The molecule has 2 rings (SSSR count). The summed E-state index contributed by atoms with van der Waals surface area (Å²) < 4.78 is 22.6. The van der Waals surface area contributed by atoms with E-state index in [9.17, 15) is 8.42 Å². The molecule has 0 radical (unpaired) electrons. The Morgan fingerprint density at radius 2 is 2.00 bits per heavy atom. The summed E-state index contributed by atoms with van der Waals surface area (Å²) in [6.45, 7) is 3.13. The van der Waals surface area contributed by atoms with Crippen molar-refractivity contribution in [2.75, 3.05) is 18.6 Å². The third-order valence-corrected chi connectivity index (χ3v) is 5.20. The summed E-state index contributed by atoms with van der Waals surface area (Å²) in [5.41, 5.74) is 4.29. The van der Waals surface area contributed by atoms with Gasteiger partial charge in [-0.05, 0) is 61.8 Å². The third kappa shape index (κ3) is 5.11. The fourth-order valence-electron chi connectivity index (χ4n) is 3.06. The molecule has 0 aliphatic heterocycles. The highest BCUT2D eigenvalue weighted by atomic mass is 32.2. The van der Waals surface area contributed by atoms with E-state index in [1.165, 1.54) is 42.2 Å². The molecule has 21 heavy (non-hydrogen) atoms. The van der Waals surface area contributed by atoms with Gasteiger partial charge in [-0.15, -0.1) is 0 Å². The second kappa shape index (κ2) is 7.41. The second-order valence-corrected chi connectivity index (χ2v) is 8.42. The van der Waals surface area contributed by atoms with Crippen LogP contribution in [0.15, 0.2) is 18.2 Å². The molecule has 0 spiro atoms. The molecule has 1 unspecified atom stereocenters. The third-order valence-electron chi connectivity index (χ3n) is 4.17. The van der Waals surface area contributed by atoms with Crippen LogP contribution in [0.3, 0.4) is 0 Å². The standard InChI is InChI=1S/C17H27NO2S/c1-3-11-18-17(8-5-12-21(2,19)20)16-10-9-14-6-4-7-15(14)13-16/h9-10,13,17-18H,3-8,11-12H2,1-2H3. The molecule has 0 aromatic heterocycles. The van der Waals surface area contributed by atoms with Crippen LogP contribution in [-0.4, -0.2) is 27.0 Å². The molecule has 1 aliphatic carbocycles. The fraction of sp³-hybridized carbons (Fsp3) is 0.647. The van der Waals surface area contributed by atoms with Gasteiger partial charge in [-0.1, -0.05) is 25.1 Å². The smallest absolute Gasteiger partial charge is 0.147 e. The van der Waals surface area contributed by atoms with Crippen molar-refractivity contribution in [2.45, 2.75) is 51.5 Å². The van der Waals surface area contributed by atoms with Gasteiger partial charge in [-0.2, -0.15) is 0 Å². The zero-order valence-electron chi connectivity index (χ0n) is 13.2. The SMILES string of the molecule is CCCNC(CCCS(C)(=O)=O)c1ccc2c(c1)CCC2. The van der Waals surface area contributed by atoms with Crippen molar-refractivity contribution < 1.29 is 8.42 Å². The molecule has 1 aromatic rings. The lowest BCUT2D eigenvalue weighted by atomic mass is 9.98. The Bertz CT molecular complexity index is 566. The van der Waals surface area contributed by atoms with Gasteiger partial charge >= 0.3 is 0 Å². The highest BCUT2D eigenvalue weighted by Gasteiger charge is 2.16. The molecule has 1 aliphatic rings. The number of nitrogens with one attached hydrogen (secondary N) is 1. The Balaban J connectivity index is 2.04. The van der Waals surface area contributed by atoms with Gasteiger partial charge in [-0.3, -0.25) is 0 Å². The maximum atomic E-state index is 11.3. The van der Waals surface area contributed by atoms with E-state index in [-0.39, 0.29) is 11.8 Å². The monoisotopic (exact) mass is 309 g/mol. The Labute approximate surface area is 129 Å². The summed E-state index contributed by atoms with van der Waals surface area (Å²) in [7, 11) is -2.86. The zero-order chi connectivity index (χ0) is 15.3. The summed E-state index contributed by atoms with van der Waals surface area (Å²) in [5.74, 6) is 0.280. The predicted octanol–water partition coefficient (Wildman–Crippen LogP) is 3.04. The van der Waals surface area contributed by atoms with E-state index < -0.39 is 9.84 Å². The molecular formula is C17H27NO2S. The van der Waals surface area contributed by atoms with Crippen molar-refractivity contribution in [3.05, 3.63) is 34.9 Å². The minimum absolute atomic E-state index is 0.276. The summed E-state index contributed by atoms with van der Waals surface area (Å²) >= 11 is 0. The Morgan fingerprint density at radius 3 is 2.71 bits per heavy atom. The van der Waals surface area contributed by atoms with Crippen molar-refractivity contribution in [2.24, 2.45) is 0 Å². The average molecular weight is 309 g/mol. The van der Waals surface area contributed by atoms with Gasteiger partial charge in [0.1, 0.15) is 9.84 Å². The van der Waals surface area contributed by atoms with Gasteiger partial charge in [0.2, 0.25) is 0 Å².